The van der Waals surface area contributed by atoms with Gasteiger partial charge in [-0.1, -0.05) is 39.0 Å². The lowest BCUT2D eigenvalue weighted by atomic mass is 10.4. The van der Waals surface area contributed by atoms with Crippen molar-refractivity contribution >= 4 is 11.9 Å². The molecule has 1 nitrogen and oxygen atoms in total. The van der Waals surface area contributed by atoms with Gasteiger partial charge in [0.05, 0.1) is 0 Å². The van der Waals surface area contributed by atoms with Crippen molar-refractivity contribution in [3.63, 3.8) is 0 Å². The molecule has 1 rings (SSSR count). The van der Waals surface area contributed by atoms with Gasteiger partial charge in [0.15, 0.2) is 0 Å². The summed E-state index contributed by atoms with van der Waals surface area (Å²) >= 11 is 1.67. The quantitative estimate of drug-likeness (QED) is 0.721. The lowest BCUT2D eigenvalue weighted by Gasteiger charge is -1.98. The first-order valence-corrected chi connectivity index (χ1v) is 5.20. The van der Waals surface area contributed by atoms with Crippen LogP contribution in [0.5, 0.6) is 0 Å². The Bertz CT molecular complexity index is 174. The molecule has 68 valence electrons. The summed E-state index contributed by atoms with van der Waals surface area (Å²) in [6, 6.07) is 10.3. The van der Waals surface area contributed by atoms with Gasteiger partial charge in [-0.15, -0.1) is 0 Å². The second kappa shape index (κ2) is 8.62. The molecule has 0 atom stereocenters. The second-order valence-corrected chi connectivity index (χ2v) is 2.88. The van der Waals surface area contributed by atoms with Crippen LogP contribution in [-0.2, 0) is 0 Å². The molecule has 0 unspecified atom stereocenters. The van der Waals surface area contributed by atoms with E-state index in [-0.39, 0.29) is 0 Å². The van der Waals surface area contributed by atoms with Crippen molar-refractivity contribution in [1.82, 2.24) is 4.72 Å². The van der Waals surface area contributed by atoms with E-state index < -0.39 is 0 Å². The topological polar surface area (TPSA) is 12.0 Å². The van der Waals surface area contributed by atoms with E-state index in [0.29, 0.717) is 0 Å². The highest BCUT2D eigenvalue weighted by Crippen LogP contribution is 2.11. The van der Waals surface area contributed by atoms with Crippen molar-refractivity contribution in [2.45, 2.75) is 25.7 Å². The molecule has 0 aliphatic heterocycles. The van der Waals surface area contributed by atoms with E-state index >= 15 is 0 Å². The zero-order valence-electron chi connectivity index (χ0n) is 8.00. The molecule has 0 heterocycles. The van der Waals surface area contributed by atoms with Gasteiger partial charge in [-0.2, -0.15) is 0 Å². The standard InChI is InChI=1S/C8H11NS.C2H6/c1-2-9-10-8-6-4-3-5-7-8;1-2/h3-7,9H,2H2,1H3;1-2H3. The van der Waals surface area contributed by atoms with Gasteiger partial charge in [-0.3, -0.25) is 4.72 Å². The van der Waals surface area contributed by atoms with Gasteiger partial charge >= 0.3 is 0 Å². The van der Waals surface area contributed by atoms with Crippen molar-refractivity contribution in [3.05, 3.63) is 30.3 Å². The van der Waals surface area contributed by atoms with E-state index in [0.717, 1.165) is 6.54 Å². The van der Waals surface area contributed by atoms with Crippen LogP contribution in [0.4, 0.5) is 0 Å². The maximum atomic E-state index is 3.18. The first kappa shape index (κ1) is 11.5. The molecule has 1 aromatic carbocycles. The third kappa shape index (κ3) is 5.22. The molecule has 0 aromatic heterocycles. The maximum absolute atomic E-state index is 3.18. The molecule has 12 heavy (non-hydrogen) atoms. The van der Waals surface area contributed by atoms with Crippen molar-refractivity contribution in [3.8, 4) is 0 Å². The van der Waals surface area contributed by atoms with E-state index in [1.807, 2.05) is 32.0 Å². The molecule has 0 amide bonds. The lowest BCUT2D eigenvalue weighted by Crippen LogP contribution is -1.99. The molecule has 0 spiro atoms. The van der Waals surface area contributed by atoms with Crippen molar-refractivity contribution < 1.29 is 0 Å². The maximum Gasteiger partial charge on any atom is 0.0228 e. The highest BCUT2D eigenvalue weighted by molar-refractivity contribution is 7.97. The summed E-state index contributed by atoms with van der Waals surface area (Å²) in [6.07, 6.45) is 0. The zero-order valence-corrected chi connectivity index (χ0v) is 8.82. The number of hydrogen-bond donors (Lipinski definition) is 1. The van der Waals surface area contributed by atoms with Crippen LogP contribution in [0.15, 0.2) is 35.2 Å². The summed E-state index contributed by atoms with van der Waals surface area (Å²) in [5.74, 6) is 0. The minimum Gasteiger partial charge on any atom is -0.260 e. The monoisotopic (exact) mass is 183 g/mol. The average molecular weight is 183 g/mol. The first-order chi connectivity index (χ1) is 5.93. The summed E-state index contributed by atoms with van der Waals surface area (Å²) in [5, 5.41) is 0. The van der Waals surface area contributed by atoms with Crippen molar-refractivity contribution in [2.24, 2.45) is 0 Å². The fourth-order valence-electron chi connectivity index (χ4n) is 0.644. The highest BCUT2D eigenvalue weighted by atomic mass is 32.2. The summed E-state index contributed by atoms with van der Waals surface area (Å²) in [5.41, 5.74) is 0. The molecule has 0 saturated carbocycles. The van der Waals surface area contributed by atoms with Gasteiger partial charge in [-0.05, 0) is 24.1 Å². The van der Waals surface area contributed by atoms with Gasteiger partial charge in [-0.25, -0.2) is 0 Å². The van der Waals surface area contributed by atoms with E-state index in [1.165, 1.54) is 4.90 Å². The number of nitrogens with one attached hydrogen (secondary N) is 1. The van der Waals surface area contributed by atoms with Crippen molar-refractivity contribution in [2.75, 3.05) is 6.54 Å². The van der Waals surface area contributed by atoms with Gasteiger partial charge in [0.1, 0.15) is 0 Å². The normalized spacial score (nSPS) is 8.58. The number of benzene rings is 1. The SMILES string of the molecule is CC.CCNSc1ccccc1. The summed E-state index contributed by atoms with van der Waals surface area (Å²) in [7, 11) is 0. The van der Waals surface area contributed by atoms with Gasteiger partial charge in [0.25, 0.3) is 0 Å². The molecule has 1 N–H and O–H groups in total. The van der Waals surface area contributed by atoms with Crippen LogP contribution in [0.3, 0.4) is 0 Å². The lowest BCUT2D eigenvalue weighted by molar-refractivity contribution is 1.03. The van der Waals surface area contributed by atoms with E-state index in [9.17, 15) is 0 Å². The van der Waals surface area contributed by atoms with Crippen LogP contribution < -0.4 is 4.72 Å². The third-order valence-corrected chi connectivity index (χ3v) is 2.02. The van der Waals surface area contributed by atoms with Crippen molar-refractivity contribution in [1.29, 1.82) is 0 Å². The van der Waals surface area contributed by atoms with Crippen LogP contribution in [0.1, 0.15) is 20.8 Å². The van der Waals surface area contributed by atoms with Gasteiger partial charge in [0.2, 0.25) is 0 Å². The Morgan fingerprint density at radius 2 is 1.75 bits per heavy atom. The molecular weight excluding hydrogens is 166 g/mol. The molecular formula is C10H17NS. The molecule has 0 saturated heterocycles. The van der Waals surface area contributed by atoms with Crippen LogP contribution in [0.25, 0.3) is 0 Å². The Balaban J connectivity index is 0.000000561. The van der Waals surface area contributed by atoms with Crippen LogP contribution in [0.2, 0.25) is 0 Å². The molecule has 0 bridgehead atoms. The molecule has 0 radical (unpaired) electrons. The fraction of sp³-hybridized carbons (Fsp3) is 0.400. The van der Waals surface area contributed by atoms with E-state index in [2.05, 4.69) is 23.8 Å². The Morgan fingerprint density at radius 1 is 1.17 bits per heavy atom. The first-order valence-electron chi connectivity index (χ1n) is 4.38. The smallest absolute Gasteiger partial charge is 0.0228 e. The minimum atomic E-state index is 1.000. The average Bonchev–Trinajstić information content (AvgIpc) is 2.19. The Morgan fingerprint density at radius 3 is 2.25 bits per heavy atom. The largest absolute Gasteiger partial charge is 0.260 e. The summed E-state index contributed by atoms with van der Waals surface area (Å²) in [4.78, 5) is 1.27. The second-order valence-electron chi connectivity index (χ2n) is 1.91. The van der Waals surface area contributed by atoms with Gasteiger partial charge in [0, 0.05) is 11.4 Å². The van der Waals surface area contributed by atoms with Crippen LogP contribution in [0, 0.1) is 0 Å². The third-order valence-electron chi connectivity index (χ3n) is 1.08. The predicted octanol–water partition coefficient (Wildman–Crippen LogP) is 3.33. The summed E-state index contributed by atoms with van der Waals surface area (Å²) < 4.78 is 3.18. The number of rotatable bonds is 3. The molecule has 2 heteroatoms. The van der Waals surface area contributed by atoms with E-state index in [1.54, 1.807) is 11.9 Å². The zero-order chi connectivity index (χ0) is 9.23. The molecule has 1 aromatic rings. The van der Waals surface area contributed by atoms with Gasteiger partial charge < -0.3 is 0 Å². The Hall–Kier alpha value is -0.470. The van der Waals surface area contributed by atoms with E-state index in [4.69, 9.17) is 0 Å². The number of hydrogen-bond acceptors (Lipinski definition) is 2. The summed E-state index contributed by atoms with van der Waals surface area (Å²) in [6.45, 7) is 7.09. The Kier molecular flexibility index (Phi) is 8.29. The fourth-order valence-corrected chi connectivity index (χ4v) is 1.25. The van der Waals surface area contributed by atoms with Crippen LogP contribution >= 0.6 is 11.9 Å². The highest BCUT2D eigenvalue weighted by Gasteiger charge is 1.86. The Labute approximate surface area is 79.7 Å². The molecule has 0 fully saturated rings. The minimum absolute atomic E-state index is 1.000. The molecule has 0 aliphatic rings. The van der Waals surface area contributed by atoms with Crippen LogP contribution in [-0.4, -0.2) is 6.54 Å². The predicted molar refractivity (Wildman–Crippen MR) is 57.3 cm³/mol. The molecule has 0 aliphatic carbocycles.